The van der Waals surface area contributed by atoms with Crippen LogP contribution < -0.4 is 4.72 Å². The molecule has 0 saturated heterocycles. The lowest BCUT2D eigenvalue weighted by atomic mass is 9.83. The van der Waals surface area contributed by atoms with Gasteiger partial charge < -0.3 is 5.11 Å². The summed E-state index contributed by atoms with van der Waals surface area (Å²) in [6.45, 7) is 0. The van der Waals surface area contributed by atoms with Crippen molar-refractivity contribution < 1.29 is 18.3 Å². The average molecular weight is 480 g/mol. The smallest absolute Gasteiger partial charge is 0.303 e. The van der Waals surface area contributed by atoms with Crippen LogP contribution in [0.25, 0.3) is 12.2 Å². The van der Waals surface area contributed by atoms with E-state index in [0.29, 0.717) is 29.1 Å². The number of benzene rings is 2. The van der Waals surface area contributed by atoms with E-state index in [1.807, 2.05) is 60.7 Å². The van der Waals surface area contributed by atoms with Gasteiger partial charge in [0.25, 0.3) is 0 Å². The Bertz CT molecular complexity index is 1120. The summed E-state index contributed by atoms with van der Waals surface area (Å²) in [6, 6.07) is 17.0. The van der Waals surface area contributed by atoms with E-state index in [9.17, 15) is 13.2 Å². The number of carboxylic acids is 1. The minimum atomic E-state index is -3.60. The lowest BCUT2D eigenvalue weighted by Gasteiger charge is -2.31. The van der Waals surface area contributed by atoms with Crippen molar-refractivity contribution in [3.63, 3.8) is 0 Å². The first kappa shape index (κ1) is 24.4. The van der Waals surface area contributed by atoms with E-state index in [-0.39, 0.29) is 12.5 Å². The lowest BCUT2D eigenvalue weighted by Crippen LogP contribution is -2.43. The van der Waals surface area contributed by atoms with Crippen molar-refractivity contribution in [2.24, 2.45) is 17.8 Å². The molecule has 0 radical (unpaired) electrons. The molecule has 0 heterocycles. The predicted molar refractivity (Wildman–Crippen MR) is 135 cm³/mol. The summed E-state index contributed by atoms with van der Waals surface area (Å²) in [5.41, 5.74) is 2.05. The summed E-state index contributed by atoms with van der Waals surface area (Å²) >= 11 is 0. The fraction of sp³-hybridized carbons (Fsp3) is 0.393. The Balaban J connectivity index is 1.37. The molecule has 4 atom stereocenters. The van der Waals surface area contributed by atoms with Gasteiger partial charge in [-0.3, -0.25) is 4.79 Å². The van der Waals surface area contributed by atoms with Crippen LogP contribution in [0.3, 0.4) is 0 Å². The van der Waals surface area contributed by atoms with E-state index in [4.69, 9.17) is 5.11 Å². The summed E-state index contributed by atoms with van der Waals surface area (Å²) in [6.07, 6.45) is 13.9. The van der Waals surface area contributed by atoms with Crippen molar-refractivity contribution in [2.75, 3.05) is 0 Å². The van der Waals surface area contributed by atoms with Gasteiger partial charge in [0.05, 0.1) is 4.90 Å². The number of hydrogen-bond donors (Lipinski definition) is 2. The van der Waals surface area contributed by atoms with Crippen LogP contribution >= 0.6 is 0 Å². The summed E-state index contributed by atoms with van der Waals surface area (Å²) in [5, 5.41) is 8.75. The third-order valence-corrected chi connectivity index (χ3v) is 8.65. The van der Waals surface area contributed by atoms with Crippen LogP contribution in [-0.2, 0) is 14.8 Å². The Morgan fingerprint density at radius 1 is 0.941 bits per heavy atom. The van der Waals surface area contributed by atoms with Gasteiger partial charge in [-0.05, 0) is 79.5 Å². The zero-order chi connectivity index (χ0) is 24.0. The number of fused-ring (bicyclic) bond motifs is 2. The maximum Gasteiger partial charge on any atom is 0.303 e. The van der Waals surface area contributed by atoms with Gasteiger partial charge in [0.1, 0.15) is 0 Å². The van der Waals surface area contributed by atoms with Crippen molar-refractivity contribution in [3.05, 3.63) is 77.9 Å². The van der Waals surface area contributed by atoms with Gasteiger partial charge in [-0.25, -0.2) is 13.1 Å². The molecular formula is C28H33NO4S. The van der Waals surface area contributed by atoms with Gasteiger partial charge in [0.15, 0.2) is 0 Å². The van der Waals surface area contributed by atoms with Crippen molar-refractivity contribution in [1.82, 2.24) is 4.72 Å². The maximum absolute atomic E-state index is 13.2. The first-order valence-electron chi connectivity index (χ1n) is 12.1. The first-order chi connectivity index (χ1) is 16.4. The van der Waals surface area contributed by atoms with Crippen LogP contribution in [0.1, 0.15) is 56.1 Å². The van der Waals surface area contributed by atoms with Crippen LogP contribution in [0, 0.1) is 17.8 Å². The molecule has 0 spiro atoms. The highest BCUT2D eigenvalue weighted by Crippen LogP contribution is 2.50. The molecule has 34 heavy (non-hydrogen) atoms. The molecule has 2 bridgehead atoms. The summed E-state index contributed by atoms with van der Waals surface area (Å²) in [4.78, 5) is 10.9. The van der Waals surface area contributed by atoms with Gasteiger partial charge in [-0.1, -0.05) is 66.8 Å². The molecule has 2 aromatic carbocycles. The third-order valence-electron chi connectivity index (χ3n) is 7.17. The van der Waals surface area contributed by atoms with Crippen LogP contribution in [0.5, 0.6) is 0 Å². The fourth-order valence-corrected chi connectivity index (χ4v) is 6.79. The normalized spacial score (nSPS) is 24.4. The van der Waals surface area contributed by atoms with Crippen LogP contribution in [0.2, 0.25) is 0 Å². The topological polar surface area (TPSA) is 83.5 Å². The third kappa shape index (κ3) is 6.24. The number of sulfonamides is 1. The Kier molecular flexibility index (Phi) is 8.01. The highest BCUT2D eigenvalue weighted by atomic mass is 32.2. The number of nitrogens with one attached hydrogen (secondary N) is 1. The van der Waals surface area contributed by atoms with Crippen molar-refractivity contribution >= 4 is 28.1 Å². The molecule has 180 valence electrons. The minimum Gasteiger partial charge on any atom is -0.481 e. The standard InChI is InChI=1S/C28H33NO4S/c30-27(31)11-7-2-1-6-10-26-23-16-17-24(20-23)28(26)29-34(32,33)25-18-14-22(15-19-25)13-12-21-8-4-3-5-9-21/h1,3-6,8-9,12-15,18-19,23-24,26,28-29H,2,7,10-11,16-17,20H2,(H,30,31)/b6-1-,13-12+/t23-,24+,26+,28+/m0/s1. The van der Waals surface area contributed by atoms with E-state index in [2.05, 4.69) is 10.8 Å². The Morgan fingerprint density at radius 2 is 1.62 bits per heavy atom. The molecule has 0 aromatic heterocycles. The quantitative estimate of drug-likeness (QED) is 0.244. The molecule has 2 fully saturated rings. The Labute approximate surface area is 202 Å². The zero-order valence-electron chi connectivity index (χ0n) is 19.3. The van der Waals surface area contributed by atoms with Crippen molar-refractivity contribution in [1.29, 1.82) is 0 Å². The zero-order valence-corrected chi connectivity index (χ0v) is 20.2. The van der Waals surface area contributed by atoms with Crippen molar-refractivity contribution in [3.8, 4) is 0 Å². The van der Waals surface area contributed by atoms with Gasteiger partial charge in [0, 0.05) is 12.5 Å². The number of rotatable bonds is 11. The van der Waals surface area contributed by atoms with Crippen LogP contribution in [0.4, 0.5) is 0 Å². The lowest BCUT2D eigenvalue weighted by molar-refractivity contribution is -0.137. The highest BCUT2D eigenvalue weighted by Gasteiger charge is 2.48. The number of carboxylic acid groups (broad SMARTS) is 1. The van der Waals surface area contributed by atoms with Crippen LogP contribution in [-0.4, -0.2) is 25.5 Å². The maximum atomic E-state index is 13.2. The fourth-order valence-electron chi connectivity index (χ4n) is 5.44. The molecule has 0 aliphatic heterocycles. The second-order valence-corrected chi connectivity index (χ2v) is 11.2. The molecule has 2 aromatic rings. The van der Waals surface area contributed by atoms with E-state index >= 15 is 0 Å². The molecular weight excluding hydrogens is 446 g/mol. The highest BCUT2D eigenvalue weighted by molar-refractivity contribution is 7.89. The first-order valence-corrected chi connectivity index (χ1v) is 13.6. The van der Waals surface area contributed by atoms with Gasteiger partial charge in [0.2, 0.25) is 10.0 Å². The molecule has 0 unspecified atom stereocenters. The summed E-state index contributed by atoms with van der Waals surface area (Å²) in [5.74, 6) is 0.499. The number of unbranched alkanes of at least 4 members (excludes halogenated alkanes) is 1. The molecule has 2 N–H and O–H groups in total. The number of carbonyl (C=O) groups is 1. The number of aliphatic carboxylic acids is 1. The molecule has 4 rings (SSSR count). The van der Waals surface area contributed by atoms with Gasteiger partial charge >= 0.3 is 5.97 Å². The van der Waals surface area contributed by atoms with Crippen molar-refractivity contribution in [2.45, 2.75) is 55.9 Å². The SMILES string of the molecule is O=C(O)CCC/C=C\C[C@@H]1[C@H]2CC[C@H](C2)[C@H]1NS(=O)(=O)c1ccc(/C=C/c2ccccc2)cc1. The van der Waals surface area contributed by atoms with Gasteiger partial charge in [-0.15, -0.1) is 0 Å². The van der Waals surface area contributed by atoms with E-state index < -0.39 is 16.0 Å². The molecule has 0 amide bonds. The molecule has 6 heteroatoms. The Morgan fingerprint density at radius 3 is 2.32 bits per heavy atom. The average Bonchev–Trinajstić information content (AvgIpc) is 3.43. The number of hydrogen-bond acceptors (Lipinski definition) is 3. The molecule has 5 nitrogen and oxygen atoms in total. The molecule has 2 saturated carbocycles. The summed E-state index contributed by atoms with van der Waals surface area (Å²) < 4.78 is 29.4. The molecule has 2 aliphatic rings. The second-order valence-electron chi connectivity index (χ2n) is 9.45. The van der Waals surface area contributed by atoms with E-state index in [0.717, 1.165) is 36.8 Å². The van der Waals surface area contributed by atoms with E-state index in [1.54, 1.807) is 12.1 Å². The largest absolute Gasteiger partial charge is 0.481 e. The van der Waals surface area contributed by atoms with Crippen LogP contribution in [0.15, 0.2) is 71.6 Å². The monoisotopic (exact) mass is 479 g/mol. The Hall–Kier alpha value is -2.70. The number of allylic oxidation sites excluding steroid dienone is 2. The predicted octanol–water partition coefficient (Wildman–Crippen LogP) is 5.75. The molecule has 2 aliphatic carbocycles. The van der Waals surface area contributed by atoms with Gasteiger partial charge in [-0.2, -0.15) is 0 Å². The van der Waals surface area contributed by atoms with E-state index in [1.165, 1.54) is 6.42 Å². The minimum absolute atomic E-state index is 0.0370. The summed E-state index contributed by atoms with van der Waals surface area (Å²) in [7, 11) is -3.60. The second kappa shape index (κ2) is 11.2.